The maximum atomic E-state index is 13.7. The van der Waals surface area contributed by atoms with Crippen LogP contribution in [0.4, 0.5) is 4.79 Å². The molecule has 1 rings (SSSR count). The molecule has 184 valence electrons. The van der Waals surface area contributed by atoms with Gasteiger partial charge in [0.2, 0.25) is 11.8 Å². The van der Waals surface area contributed by atoms with Crippen LogP contribution in [0.15, 0.2) is 36.9 Å². The van der Waals surface area contributed by atoms with Gasteiger partial charge in [0.1, 0.15) is 17.7 Å². The SMILES string of the molecule is C=CCN(C(=O)C(NC(=O)OC(C)(C)C)C(C)C)C(C(=O)NCCCC)c1ccc(C)cc1. The molecule has 7 heteroatoms. The first-order valence-corrected chi connectivity index (χ1v) is 11.7. The highest BCUT2D eigenvalue weighted by Crippen LogP contribution is 2.24. The summed E-state index contributed by atoms with van der Waals surface area (Å²) in [6.45, 7) is 17.4. The third-order valence-corrected chi connectivity index (χ3v) is 5.00. The quantitative estimate of drug-likeness (QED) is 0.376. The Kier molecular flexibility index (Phi) is 11.1. The molecule has 0 radical (unpaired) electrons. The van der Waals surface area contributed by atoms with Crippen LogP contribution in [-0.4, -0.2) is 47.5 Å². The lowest BCUT2D eigenvalue weighted by Gasteiger charge is -2.35. The second kappa shape index (κ2) is 13.0. The maximum absolute atomic E-state index is 13.7. The molecule has 2 atom stereocenters. The van der Waals surface area contributed by atoms with Gasteiger partial charge in [0.25, 0.3) is 0 Å². The minimum atomic E-state index is -0.865. The Morgan fingerprint density at radius 1 is 1.15 bits per heavy atom. The molecule has 1 aromatic rings. The van der Waals surface area contributed by atoms with Crippen molar-refractivity contribution in [1.29, 1.82) is 0 Å². The fourth-order valence-corrected chi connectivity index (χ4v) is 3.30. The lowest BCUT2D eigenvalue weighted by molar-refractivity contribution is -0.142. The minimum Gasteiger partial charge on any atom is -0.444 e. The van der Waals surface area contributed by atoms with Crippen molar-refractivity contribution in [2.24, 2.45) is 5.92 Å². The van der Waals surface area contributed by atoms with Gasteiger partial charge in [-0.1, -0.05) is 63.1 Å². The molecule has 2 unspecified atom stereocenters. The smallest absolute Gasteiger partial charge is 0.408 e. The van der Waals surface area contributed by atoms with Gasteiger partial charge >= 0.3 is 6.09 Å². The van der Waals surface area contributed by atoms with Crippen LogP contribution < -0.4 is 10.6 Å². The van der Waals surface area contributed by atoms with E-state index in [1.807, 2.05) is 52.0 Å². The predicted molar refractivity (Wildman–Crippen MR) is 132 cm³/mol. The third-order valence-electron chi connectivity index (χ3n) is 5.00. The van der Waals surface area contributed by atoms with Gasteiger partial charge < -0.3 is 20.3 Å². The number of unbranched alkanes of at least 4 members (excludes halogenated alkanes) is 1. The Hall–Kier alpha value is -2.83. The van der Waals surface area contributed by atoms with Crippen molar-refractivity contribution in [3.05, 3.63) is 48.0 Å². The standard InChI is InChI=1S/C26H41N3O4/c1-9-11-16-27-23(30)22(20-14-12-19(5)13-15-20)29(17-10-2)24(31)21(18(3)4)28-25(32)33-26(6,7)8/h10,12-15,18,21-22H,2,9,11,16-17H2,1,3-8H3,(H,27,30)(H,28,32). The Bertz CT molecular complexity index is 797. The van der Waals surface area contributed by atoms with Gasteiger partial charge in [-0.25, -0.2) is 4.79 Å². The van der Waals surface area contributed by atoms with E-state index in [0.717, 1.165) is 18.4 Å². The number of carbonyl (C=O) groups is 3. The number of ether oxygens (including phenoxy) is 1. The molecule has 2 N–H and O–H groups in total. The second-order valence-electron chi connectivity index (χ2n) is 9.60. The summed E-state index contributed by atoms with van der Waals surface area (Å²) >= 11 is 0. The van der Waals surface area contributed by atoms with Gasteiger partial charge in [-0.15, -0.1) is 6.58 Å². The number of benzene rings is 1. The molecule has 0 fully saturated rings. The van der Waals surface area contributed by atoms with E-state index in [0.29, 0.717) is 12.1 Å². The average Bonchev–Trinajstić information content (AvgIpc) is 2.71. The van der Waals surface area contributed by atoms with E-state index < -0.39 is 23.8 Å². The summed E-state index contributed by atoms with van der Waals surface area (Å²) in [4.78, 5) is 40.9. The van der Waals surface area contributed by atoms with Crippen LogP contribution in [-0.2, 0) is 14.3 Å². The zero-order valence-electron chi connectivity index (χ0n) is 21.2. The monoisotopic (exact) mass is 459 g/mol. The van der Waals surface area contributed by atoms with Crippen LogP contribution in [0.2, 0.25) is 0 Å². The summed E-state index contributed by atoms with van der Waals surface area (Å²) in [5, 5.41) is 5.65. The van der Waals surface area contributed by atoms with E-state index in [1.54, 1.807) is 26.8 Å². The summed E-state index contributed by atoms with van der Waals surface area (Å²) in [5.74, 6) is -0.853. The van der Waals surface area contributed by atoms with Crippen molar-refractivity contribution < 1.29 is 19.1 Å². The van der Waals surface area contributed by atoms with E-state index in [2.05, 4.69) is 17.2 Å². The molecule has 33 heavy (non-hydrogen) atoms. The molecule has 0 bridgehead atoms. The third kappa shape index (κ3) is 9.28. The van der Waals surface area contributed by atoms with Crippen LogP contribution >= 0.6 is 0 Å². The second-order valence-corrected chi connectivity index (χ2v) is 9.60. The molecule has 0 heterocycles. The molecule has 0 saturated carbocycles. The molecule has 1 aromatic carbocycles. The van der Waals surface area contributed by atoms with Crippen molar-refractivity contribution in [2.75, 3.05) is 13.1 Å². The number of hydrogen-bond acceptors (Lipinski definition) is 4. The number of alkyl carbamates (subject to hydrolysis) is 1. The van der Waals surface area contributed by atoms with Crippen LogP contribution in [0.1, 0.15) is 71.6 Å². The number of nitrogens with one attached hydrogen (secondary N) is 2. The Morgan fingerprint density at radius 2 is 1.76 bits per heavy atom. The van der Waals surface area contributed by atoms with Crippen LogP contribution in [0.5, 0.6) is 0 Å². The molecule has 3 amide bonds. The van der Waals surface area contributed by atoms with Crippen molar-refractivity contribution in [2.45, 2.75) is 79.0 Å². The molecule has 0 aromatic heterocycles. The molecule has 0 aliphatic rings. The van der Waals surface area contributed by atoms with Gasteiger partial charge in [-0.05, 0) is 45.6 Å². The number of hydrogen-bond donors (Lipinski definition) is 2. The van der Waals surface area contributed by atoms with Gasteiger partial charge in [0.05, 0.1) is 0 Å². The Labute approximate surface area is 198 Å². The zero-order chi connectivity index (χ0) is 25.2. The Morgan fingerprint density at radius 3 is 2.24 bits per heavy atom. The molecular formula is C26H41N3O4. The normalized spacial score (nSPS) is 13.1. The van der Waals surface area contributed by atoms with E-state index in [4.69, 9.17) is 4.74 Å². The molecule has 0 spiro atoms. The van der Waals surface area contributed by atoms with Gasteiger partial charge in [0, 0.05) is 13.1 Å². The number of nitrogens with zero attached hydrogens (tertiary/aromatic N) is 1. The average molecular weight is 460 g/mol. The summed E-state index contributed by atoms with van der Waals surface area (Å²) in [6, 6.07) is 5.82. The van der Waals surface area contributed by atoms with E-state index in [1.165, 1.54) is 4.90 Å². The highest BCUT2D eigenvalue weighted by molar-refractivity contribution is 5.92. The van der Waals surface area contributed by atoms with Crippen LogP contribution in [0.25, 0.3) is 0 Å². The van der Waals surface area contributed by atoms with Gasteiger partial charge in [0.15, 0.2) is 0 Å². The lowest BCUT2D eigenvalue weighted by Crippen LogP contribution is -2.55. The van der Waals surface area contributed by atoms with Gasteiger partial charge in [-0.2, -0.15) is 0 Å². The summed E-state index contributed by atoms with van der Waals surface area (Å²) in [7, 11) is 0. The summed E-state index contributed by atoms with van der Waals surface area (Å²) in [5.41, 5.74) is 1.06. The van der Waals surface area contributed by atoms with E-state index in [-0.39, 0.29) is 24.3 Å². The van der Waals surface area contributed by atoms with Gasteiger partial charge in [-0.3, -0.25) is 9.59 Å². The first-order valence-electron chi connectivity index (χ1n) is 11.7. The van der Waals surface area contributed by atoms with Crippen molar-refractivity contribution in [3.8, 4) is 0 Å². The Balaban J connectivity index is 3.33. The molecule has 7 nitrogen and oxygen atoms in total. The fourth-order valence-electron chi connectivity index (χ4n) is 3.30. The largest absolute Gasteiger partial charge is 0.444 e. The van der Waals surface area contributed by atoms with Crippen molar-refractivity contribution in [3.63, 3.8) is 0 Å². The van der Waals surface area contributed by atoms with Crippen molar-refractivity contribution >= 4 is 17.9 Å². The molecule has 0 aliphatic carbocycles. The minimum absolute atomic E-state index is 0.151. The van der Waals surface area contributed by atoms with Crippen molar-refractivity contribution in [1.82, 2.24) is 15.5 Å². The molecule has 0 saturated heterocycles. The highest BCUT2D eigenvalue weighted by atomic mass is 16.6. The predicted octanol–water partition coefficient (Wildman–Crippen LogP) is 4.52. The van der Waals surface area contributed by atoms with E-state index >= 15 is 0 Å². The van der Waals surface area contributed by atoms with Crippen LogP contribution in [0, 0.1) is 12.8 Å². The van der Waals surface area contributed by atoms with E-state index in [9.17, 15) is 14.4 Å². The number of carbonyl (C=O) groups excluding carboxylic acids is 3. The molecule has 0 aliphatic heterocycles. The first kappa shape index (κ1) is 28.2. The number of rotatable bonds is 11. The summed E-state index contributed by atoms with van der Waals surface area (Å²) < 4.78 is 5.36. The fraction of sp³-hybridized carbons (Fsp3) is 0.577. The van der Waals surface area contributed by atoms with Crippen LogP contribution in [0.3, 0.4) is 0 Å². The lowest BCUT2D eigenvalue weighted by atomic mass is 9.98. The zero-order valence-corrected chi connectivity index (χ0v) is 21.2. The topological polar surface area (TPSA) is 87.7 Å². The highest BCUT2D eigenvalue weighted by Gasteiger charge is 2.36. The summed E-state index contributed by atoms with van der Waals surface area (Å²) in [6.07, 6.45) is 2.70. The first-order chi connectivity index (χ1) is 15.4. The molecular weight excluding hydrogens is 418 g/mol. The maximum Gasteiger partial charge on any atom is 0.408 e. The number of amides is 3. The number of aryl methyl sites for hydroxylation is 1.